The number of hydrogen-bond acceptors (Lipinski definition) is 3. The van der Waals surface area contributed by atoms with Crippen molar-refractivity contribution in [2.45, 2.75) is 0 Å². The van der Waals surface area contributed by atoms with E-state index in [-0.39, 0.29) is 0 Å². The molecule has 54 heavy (non-hydrogen) atoms. The van der Waals surface area contributed by atoms with E-state index in [1.807, 2.05) is 0 Å². The summed E-state index contributed by atoms with van der Waals surface area (Å²) in [5.74, 6) is 3.05. The molecule has 0 radical (unpaired) electrons. The second-order valence-corrected chi connectivity index (χ2v) is 26.1. The minimum atomic E-state index is -2.81. The Bertz CT molecular complexity index is 3350. The van der Waals surface area contributed by atoms with Crippen LogP contribution < -0.4 is 34.5 Å². The molecule has 0 spiro atoms. The van der Waals surface area contributed by atoms with Crippen molar-refractivity contribution in [1.82, 2.24) is 14.1 Å². The number of anilines is 3. The summed E-state index contributed by atoms with van der Waals surface area (Å²) in [5, 5.41) is 5.27. The second-order valence-electron chi connectivity index (χ2n) is 15.0. The first-order valence-corrected chi connectivity index (χ1v) is 26.0. The van der Waals surface area contributed by atoms with E-state index in [1.165, 1.54) is 85.5 Å². The number of hydrogen-bond donors (Lipinski definition) is 0. The average Bonchev–Trinajstić information content (AvgIpc) is 3.75. The van der Waals surface area contributed by atoms with E-state index >= 15 is 0 Å². The second kappa shape index (κ2) is 10.0. The fourth-order valence-electron chi connectivity index (χ4n) is 10.6. The minimum absolute atomic E-state index is 0.961. The van der Waals surface area contributed by atoms with Crippen LogP contribution in [0.2, 0.25) is 0 Å². The average molecular weight is 802 g/mol. The maximum atomic E-state index is 7.13. The van der Waals surface area contributed by atoms with E-state index in [1.54, 1.807) is 0 Å². The van der Waals surface area contributed by atoms with Crippen molar-refractivity contribution in [3.8, 4) is 22.9 Å². The Morgan fingerprint density at radius 3 is 1.74 bits per heavy atom. The van der Waals surface area contributed by atoms with Gasteiger partial charge in [-0.15, -0.1) is 0 Å². The summed E-state index contributed by atoms with van der Waals surface area (Å²) in [4.78, 5) is 8.45. The van der Waals surface area contributed by atoms with Crippen LogP contribution in [0, 0.1) is 0 Å². The molecular formula is C47H26Ga2N4O. The molecule has 0 unspecified atom stereocenters. The van der Waals surface area contributed by atoms with Gasteiger partial charge < -0.3 is 0 Å². The predicted octanol–water partition coefficient (Wildman–Crippen LogP) is 6.82. The summed E-state index contributed by atoms with van der Waals surface area (Å²) in [5.41, 5.74) is 10.2. The van der Waals surface area contributed by atoms with Gasteiger partial charge in [0.15, 0.2) is 0 Å². The Morgan fingerprint density at radius 2 is 1.02 bits per heavy atom. The van der Waals surface area contributed by atoms with Crippen molar-refractivity contribution < 1.29 is 4.74 Å². The molecule has 7 heterocycles. The quantitative estimate of drug-likeness (QED) is 0.171. The Labute approximate surface area is 320 Å². The molecule has 0 saturated heterocycles. The van der Waals surface area contributed by atoms with Gasteiger partial charge in [0.25, 0.3) is 0 Å². The SMILES string of the molecule is c1ccc(N2c3cccc4[c]3[Ga]([c]3cc5[c](nc32)[Ga]2[c]3c(cccc3-n3c6ccccc6c6ccc[c]2c63)O5)[c]2cccc3c5ccccc5n-4c23)cc1. The summed E-state index contributed by atoms with van der Waals surface area (Å²) in [6, 6.07) is 58.7. The third kappa shape index (κ3) is 3.33. The van der Waals surface area contributed by atoms with Crippen LogP contribution in [0.15, 0.2) is 158 Å². The molecule has 0 atom stereocenters. The Morgan fingerprint density at radius 1 is 0.444 bits per heavy atom. The number of fused-ring (bicyclic) bond motifs is 14. The van der Waals surface area contributed by atoms with Gasteiger partial charge in [-0.2, -0.15) is 0 Å². The van der Waals surface area contributed by atoms with Gasteiger partial charge in [0.2, 0.25) is 0 Å². The number of pyridine rings is 1. The van der Waals surface area contributed by atoms with Crippen molar-refractivity contribution in [2.75, 3.05) is 4.90 Å². The first-order chi connectivity index (χ1) is 26.8. The van der Waals surface area contributed by atoms with E-state index in [9.17, 15) is 0 Å². The van der Waals surface area contributed by atoms with Crippen molar-refractivity contribution in [3.63, 3.8) is 0 Å². The molecule has 10 aromatic rings. The van der Waals surface area contributed by atoms with E-state index < -0.39 is 32.4 Å². The van der Waals surface area contributed by atoms with Crippen molar-refractivity contribution in [3.05, 3.63) is 158 Å². The molecule has 7 aromatic carbocycles. The van der Waals surface area contributed by atoms with Crippen LogP contribution >= 0.6 is 0 Å². The predicted molar refractivity (Wildman–Crippen MR) is 223 cm³/mol. The summed E-state index contributed by atoms with van der Waals surface area (Å²) in [6.45, 7) is 0. The fourth-order valence-corrected chi connectivity index (χ4v) is 25.3. The molecule has 5 nitrogen and oxygen atoms in total. The van der Waals surface area contributed by atoms with Crippen LogP contribution in [0.4, 0.5) is 17.2 Å². The van der Waals surface area contributed by atoms with Gasteiger partial charge in [-0.3, -0.25) is 0 Å². The number of ether oxygens (including phenoxy) is 1. The molecule has 246 valence electrons. The topological polar surface area (TPSA) is 35.2 Å². The van der Waals surface area contributed by atoms with Crippen LogP contribution in [-0.2, 0) is 0 Å². The molecule has 4 aliphatic rings. The van der Waals surface area contributed by atoms with Crippen molar-refractivity contribution in [2.24, 2.45) is 0 Å². The first kappa shape index (κ1) is 28.6. The van der Waals surface area contributed by atoms with Gasteiger partial charge in [-0.05, 0) is 0 Å². The Hall–Kier alpha value is -5.84. The van der Waals surface area contributed by atoms with Gasteiger partial charge in [0.1, 0.15) is 0 Å². The summed E-state index contributed by atoms with van der Waals surface area (Å²) >= 11 is -5.59. The zero-order valence-electron chi connectivity index (χ0n) is 28.9. The van der Waals surface area contributed by atoms with E-state index in [0.717, 1.165) is 23.0 Å². The van der Waals surface area contributed by atoms with Crippen LogP contribution in [0.5, 0.6) is 11.5 Å². The van der Waals surface area contributed by atoms with Crippen LogP contribution in [-0.4, -0.2) is 46.6 Å². The van der Waals surface area contributed by atoms with Crippen molar-refractivity contribution in [1.29, 1.82) is 0 Å². The zero-order chi connectivity index (χ0) is 34.8. The molecule has 0 amide bonds. The molecule has 0 aliphatic carbocycles. The molecular weight excluding hydrogens is 776 g/mol. The first-order valence-electron chi connectivity index (χ1n) is 18.7. The van der Waals surface area contributed by atoms with Crippen molar-refractivity contribution >= 4 is 118 Å². The summed E-state index contributed by atoms with van der Waals surface area (Å²) < 4.78 is 20.6. The van der Waals surface area contributed by atoms with Gasteiger partial charge in [0.05, 0.1) is 0 Å². The fraction of sp³-hybridized carbons (Fsp3) is 0. The zero-order valence-corrected chi connectivity index (χ0v) is 33.7. The monoisotopic (exact) mass is 800 g/mol. The van der Waals surface area contributed by atoms with Gasteiger partial charge in [-0.25, -0.2) is 0 Å². The van der Waals surface area contributed by atoms with E-state index in [2.05, 4.69) is 172 Å². The molecule has 0 saturated carbocycles. The van der Waals surface area contributed by atoms with Gasteiger partial charge in [-0.1, -0.05) is 0 Å². The molecule has 7 heteroatoms. The van der Waals surface area contributed by atoms with E-state index in [4.69, 9.17) is 9.72 Å². The van der Waals surface area contributed by atoms with Crippen LogP contribution in [0.3, 0.4) is 0 Å². The summed E-state index contributed by atoms with van der Waals surface area (Å²) in [6.07, 6.45) is 0. The number of rotatable bonds is 1. The Balaban J connectivity index is 1.11. The molecule has 0 bridgehead atoms. The number of nitrogens with zero attached hydrogens (tertiary/aromatic N) is 4. The molecule has 3 aromatic heterocycles. The third-order valence-corrected chi connectivity index (χ3v) is 26.2. The number of benzene rings is 7. The number of aromatic nitrogens is 3. The molecule has 4 aliphatic heterocycles. The molecule has 0 fully saturated rings. The maximum absolute atomic E-state index is 7.13. The van der Waals surface area contributed by atoms with Crippen LogP contribution in [0.1, 0.15) is 0 Å². The number of para-hydroxylation sites is 5. The molecule has 0 N–H and O–H groups in total. The third-order valence-electron chi connectivity index (χ3n) is 12.5. The van der Waals surface area contributed by atoms with Gasteiger partial charge >= 0.3 is 322 Å². The standard InChI is InChI=1S/C47H26N4O.2Ga/c1-2-14-33(15-3-1)49(34-16-12-17-35(30-34)50-43-24-8-4-20-39(43)40-21-5-9-25-44(40)50)47-29-28-38(32-48-47)52-37-19-13-18-36(31-37)51-45-26-10-6-22-41(45)42-23-7-11-27-46(42)51;;/h1-24,26,28H;;. The van der Waals surface area contributed by atoms with Gasteiger partial charge in [0, 0.05) is 0 Å². The van der Waals surface area contributed by atoms with Crippen LogP contribution in [0.25, 0.3) is 55.0 Å². The Kier molecular flexibility index (Phi) is 5.31. The normalized spacial score (nSPS) is 14.0. The van der Waals surface area contributed by atoms with E-state index in [0.29, 0.717) is 0 Å². The summed E-state index contributed by atoms with van der Waals surface area (Å²) in [7, 11) is 0. The molecule has 14 rings (SSSR count).